The summed E-state index contributed by atoms with van der Waals surface area (Å²) in [7, 11) is 0. The summed E-state index contributed by atoms with van der Waals surface area (Å²) in [5.41, 5.74) is -0.211. The lowest BCUT2D eigenvalue weighted by molar-refractivity contribution is -0.135. The molecule has 1 amide bonds. The molecule has 0 radical (unpaired) electrons. The van der Waals surface area contributed by atoms with Crippen molar-refractivity contribution in [3.63, 3.8) is 0 Å². The van der Waals surface area contributed by atoms with Crippen LogP contribution in [0.5, 0.6) is 0 Å². The fourth-order valence-corrected chi connectivity index (χ4v) is 2.41. The van der Waals surface area contributed by atoms with Gasteiger partial charge in [0.25, 0.3) is 0 Å². The molecular weight excluding hydrogens is 228 g/mol. The van der Waals surface area contributed by atoms with Crippen LogP contribution in [-0.4, -0.2) is 38.3 Å². The van der Waals surface area contributed by atoms with E-state index in [1.165, 1.54) is 12.8 Å². The van der Waals surface area contributed by atoms with Crippen molar-refractivity contribution in [2.45, 2.75) is 52.5 Å². The lowest BCUT2D eigenvalue weighted by atomic mass is 9.81. The summed E-state index contributed by atoms with van der Waals surface area (Å²) in [4.78, 5) is 12.1. The van der Waals surface area contributed by atoms with Crippen LogP contribution in [0.2, 0.25) is 0 Å². The Labute approximate surface area is 111 Å². The van der Waals surface area contributed by atoms with Crippen LogP contribution in [0.15, 0.2) is 0 Å². The van der Waals surface area contributed by atoms with Crippen molar-refractivity contribution < 1.29 is 9.53 Å². The fraction of sp³-hybridized carbons (Fsp3) is 0.929. The van der Waals surface area contributed by atoms with Gasteiger partial charge in [0.05, 0.1) is 5.41 Å². The van der Waals surface area contributed by atoms with Crippen molar-refractivity contribution in [3.05, 3.63) is 0 Å². The van der Waals surface area contributed by atoms with Crippen molar-refractivity contribution >= 4 is 5.91 Å². The zero-order valence-electron chi connectivity index (χ0n) is 12.1. The molecule has 0 aliphatic carbocycles. The number of nitrogens with one attached hydrogen (secondary N) is 2. The van der Waals surface area contributed by atoms with E-state index in [0.29, 0.717) is 19.3 Å². The quantitative estimate of drug-likeness (QED) is 0.808. The van der Waals surface area contributed by atoms with E-state index in [9.17, 15) is 4.79 Å². The number of ether oxygens (including phenoxy) is 1. The third kappa shape index (κ3) is 4.25. The van der Waals surface area contributed by atoms with E-state index in [2.05, 4.69) is 10.6 Å². The molecule has 106 valence electrons. The van der Waals surface area contributed by atoms with Gasteiger partial charge in [-0.1, -0.05) is 20.8 Å². The molecule has 1 unspecified atom stereocenters. The van der Waals surface area contributed by atoms with Gasteiger partial charge < -0.3 is 15.4 Å². The van der Waals surface area contributed by atoms with Gasteiger partial charge in [0, 0.05) is 25.8 Å². The summed E-state index contributed by atoms with van der Waals surface area (Å²) in [6.07, 6.45) is 4.10. The van der Waals surface area contributed by atoms with E-state index >= 15 is 0 Å². The molecular formula is C14H28N2O2. The molecule has 0 aromatic carbocycles. The maximum absolute atomic E-state index is 12.1. The van der Waals surface area contributed by atoms with E-state index in [1.807, 2.05) is 20.8 Å². The zero-order valence-corrected chi connectivity index (χ0v) is 12.1. The molecule has 1 atom stereocenters. The first kappa shape index (κ1) is 15.4. The van der Waals surface area contributed by atoms with E-state index in [-0.39, 0.29) is 11.3 Å². The molecule has 2 saturated heterocycles. The number of carbonyl (C=O) groups is 1. The van der Waals surface area contributed by atoms with Crippen molar-refractivity contribution in [1.82, 2.24) is 10.6 Å². The molecule has 2 heterocycles. The summed E-state index contributed by atoms with van der Waals surface area (Å²) >= 11 is 0. The smallest absolute Gasteiger partial charge is 0.226 e. The second-order valence-corrected chi connectivity index (χ2v) is 5.18. The number of amides is 1. The minimum atomic E-state index is -0.211. The van der Waals surface area contributed by atoms with Gasteiger partial charge in [0.1, 0.15) is 0 Å². The van der Waals surface area contributed by atoms with Gasteiger partial charge in [-0.25, -0.2) is 0 Å². The molecule has 2 N–H and O–H groups in total. The average Bonchev–Trinajstić information content (AvgIpc) is 2.92. The van der Waals surface area contributed by atoms with Crippen LogP contribution in [0.25, 0.3) is 0 Å². The van der Waals surface area contributed by atoms with E-state index in [1.54, 1.807) is 0 Å². The molecule has 0 spiro atoms. The monoisotopic (exact) mass is 256 g/mol. The number of hydrogen-bond acceptors (Lipinski definition) is 3. The first-order chi connectivity index (χ1) is 8.71. The minimum Gasteiger partial charge on any atom is -0.381 e. The highest BCUT2D eigenvalue weighted by molar-refractivity contribution is 5.82. The van der Waals surface area contributed by atoms with Crippen molar-refractivity contribution in [2.75, 3.05) is 26.3 Å². The first-order valence-corrected chi connectivity index (χ1v) is 7.30. The molecule has 4 nitrogen and oxygen atoms in total. The van der Waals surface area contributed by atoms with Crippen molar-refractivity contribution in [2.24, 2.45) is 5.41 Å². The molecule has 2 aliphatic heterocycles. The molecule has 2 aliphatic rings. The molecule has 0 saturated carbocycles. The summed E-state index contributed by atoms with van der Waals surface area (Å²) in [6.45, 7) is 9.34. The zero-order chi connectivity index (χ0) is 13.4. The van der Waals surface area contributed by atoms with E-state index in [4.69, 9.17) is 4.74 Å². The standard InChI is InChI=1S/C12H22N2O2.C2H6/c1-12(4-7-16-8-5-12)11(15)14-9-10-3-2-6-13-10;1-2/h10,13H,2-9H2,1H3,(H,14,15);1-2H3. The third-order valence-corrected chi connectivity index (χ3v) is 3.82. The predicted octanol–water partition coefficient (Wildman–Crippen LogP) is 1.70. The summed E-state index contributed by atoms with van der Waals surface area (Å²) in [5, 5.41) is 6.47. The van der Waals surface area contributed by atoms with Gasteiger partial charge in [-0.2, -0.15) is 0 Å². The van der Waals surface area contributed by atoms with Gasteiger partial charge in [0.15, 0.2) is 0 Å². The van der Waals surface area contributed by atoms with Crippen LogP contribution in [0.4, 0.5) is 0 Å². The maximum atomic E-state index is 12.1. The van der Waals surface area contributed by atoms with Crippen molar-refractivity contribution in [1.29, 1.82) is 0 Å². The van der Waals surface area contributed by atoms with Gasteiger partial charge in [-0.05, 0) is 32.2 Å². The molecule has 2 fully saturated rings. The predicted molar refractivity (Wildman–Crippen MR) is 73.5 cm³/mol. The van der Waals surface area contributed by atoms with Gasteiger partial charge in [-0.15, -0.1) is 0 Å². The summed E-state index contributed by atoms with van der Waals surface area (Å²) in [6, 6.07) is 0.479. The fourth-order valence-electron chi connectivity index (χ4n) is 2.41. The topological polar surface area (TPSA) is 50.4 Å². The maximum Gasteiger partial charge on any atom is 0.226 e. The Bertz CT molecular complexity index is 244. The SMILES string of the molecule is CC.CC1(C(=O)NCC2CCCN2)CCOCC1. The Morgan fingerprint density at radius 2 is 2.06 bits per heavy atom. The molecule has 18 heavy (non-hydrogen) atoms. The highest BCUT2D eigenvalue weighted by atomic mass is 16.5. The first-order valence-electron chi connectivity index (χ1n) is 7.30. The van der Waals surface area contributed by atoms with Crippen LogP contribution >= 0.6 is 0 Å². The van der Waals surface area contributed by atoms with Gasteiger partial charge in [0.2, 0.25) is 5.91 Å². The molecule has 0 bridgehead atoms. The minimum absolute atomic E-state index is 0.199. The van der Waals surface area contributed by atoms with Crippen molar-refractivity contribution in [3.8, 4) is 0 Å². The van der Waals surface area contributed by atoms with Crippen LogP contribution in [0.3, 0.4) is 0 Å². The summed E-state index contributed by atoms with van der Waals surface area (Å²) < 4.78 is 5.30. The van der Waals surface area contributed by atoms with Crippen LogP contribution in [-0.2, 0) is 9.53 Å². The normalized spacial score (nSPS) is 26.1. The van der Waals surface area contributed by atoms with Crippen LogP contribution in [0, 0.1) is 5.41 Å². The second kappa shape index (κ2) is 7.74. The summed E-state index contributed by atoms with van der Waals surface area (Å²) in [5.74, 6) is 0.199. The number of carbonyl (C=O) groups excluding carboxylic acids is 1. The lowest BCUT2D eigenvalue weighted by Crippen LogP contribution is -2.46. The molecule has 2 rings (SSSR count). The second-order valence-electron chi connectivity index (χ2n) is 5.18. The lowest BCUT2D eigenvalue weighted by Gasteiger charge is -2.32. The van der Waals surface area contributed by atoms with Gasteiger partial charge in [-0.3, -0.25) is 4.79 Å². The van der Waals surface area contributed by atoms with Crippen LogP contribution < -0.4 is 10.6 Å². The average molecular weight is 256 g/mol. The largest absolute Gasteiger partial charge is 0.381 e. The highest BCUT2D eigenvalue weighted by Gasteiger charge is 2.35. The Kier molecular flexibility index (Phi) is 6.65. The van der Waals surface area contributed by atoms with Gasteiger partial charge >= 0.3 is 0 Å². The van der Waals surface area contributed by atoms with Crippen LogP contribution in [0.1, 0.15) is 46.5 Å². The Hall–Kier alpha value is -0.610. The Morgan fingerprint density at radius 3 is 2.61 bits per heavy atom. The molecule has 0 aromatic heterocycles. The number of rotatable bonds is 3. The molecule has 0 aromatic rings. The number of hydrogen-bond donors (Lipinski definition) is 2. The van der Waals surface area contributed by atoms with E-state index in [0.717, 1.165) is 25.9 Å². The Balaban J connectivity index is 0.000000771. The van der Waals surface area contributed by atoms with E-state index < -0.39 is 0 Å². The highest BCUT2D eigenvalue weighted by Crippen LogP contribution is 2.29. The molecule has 4 heteroatoms. The third-order valence-electron chi connectivity index (χ3n) is 3.82. The Morgan fingerprint density at radius 1 is 1.39 bits per heavy atom.